The second-order valence-electron chi connectivity index (χ2n) is 9.48. The molecular formula is C25H36BrClN6O2. The lowest BCUT2D eigenvalue weighted by Gasteiger charge is -2.39. The van der Waals surface area contributed by atoms with Gasteiger partial charge in [-0.05, 0) is 55.2 Å². The summed E-state index contributed by atoms with van der Waals surface area (Å²) in [5.41, 5.74) is 1.52. The molecule has 1 atom stereocenters. The number of hydrogen-bond donors (Lipinski definition) is 3. The number of alkyl halides is 1. The van der Waals surface area contributed by atoms with Gasteiger partial charge in [-0.25, -0.2) is 4.98 Å². The molecule has 192 valence electrons. The number of nitrogens with zero attached hydrogens (tertiary/aromatic N) is 4. The van der Waals surface area contributed by atoms with Crippen molar-refractivity contribution in [3.63, 3.8) is 0 Å². The molecule has 35 heavy (non-hydrogen) atoms. The van der Waals surface area contributed by atoms with Crippen molar-refractivity contribution in [3.8, 4) is 5.75 Å². The van der Waals surface area contributed by atoms with Crippen molar-refractivity contribution >= 4 is 45.0 Å². The number of aliphatic hydroxyl groups is 1. The molecular weight excluding hydrogens is 532 g/mol. The van der Waals surface area contributed by atoms with Crippen LogP contribution in [-0.2, 0) is 0 Å². The Morgan fingerprint density at radius 2 is 1.89 bits per heavy atom. The largest absolute Gasteiger partial charge is 0.495 e. The van der Waals surface area contributed by atoms with Crippen LogP contribution in [0.25, 0.3) is 0 Å². The lowest BCUT2D eigenvalue weighted by atomic mass is 9.82. The van der Waals surface area contributed by atoms with E-state index in [4.69, 9.17) is 16.3 Å². The molecule has 0 radical (unpaired) electrons. The lowest BCUT2D eigenvalue weighted by Crippen LogP contribution is -2.49. The number of aliphatic hydroxyl groups excluding tert-OH is 1. The van der Waals surface area contributed by atoms with Crippen molar-refractivity contribution < 1.29 is 9.84 Å². The minimum Gasteiger partial charge on any atom is -0.495 e. The highest BCUT2D eigenvalue weighted by atomic mass is 79.9. The van der Waals surface area contributed by atoms with Crippen molar-refractivity contribution in [2.75, 3.05) is 62.8 Å². The minimum atomic E-state index is -0.669. The molecule has 1 aliphatic heterocycles. The zero-order valence-corrected chi connectivity index (χ0v) is 22.9. The summed E-state index contributed by atoms with van der Waals surface area (Å²) >= 11 is 9.72. The quantitative estimate of drug-likeness (QED) is 0.375. The van der Waals surface area contributed by atoms with E-state index in [9.17, 15) is 5.11 Å². The molecule has 0 amide bonds. The van der Waals surface area contributed by atoms with Crippen LogP contribution >= 0.6 is 27.5 Å². The number of nitrogens with one attached hydrogen (secondary N) is 2. The zero-order chi connectivity index (χ0) is 24.8. The third-order valence-corrected chi connectivity index (χ3v) is 8.40. The molecule has 1 aromatic heterocycles. The summed E-state index contributed by atoms with van der Waals surface area (Å²) in [6.45, 7) is 4.88. The Labute approximate surface area is 221 Å². The summed E-state index contributed by atoms with van der Waals surface area (Å²) in [7, 11) is 3.37. The Morgan fingerprint density at radius 3 is 2.54 bits per heavy atom. The highest BCUT2D eigenvalue weighted by molar-refractivity contribution is 9.09. The van der Waals surface area contributed by atoms with Gasteiger partial charge in [0.15, 0.2) is 0 Å². The van der Waals surface area contributed by atoms with Crippen LogP contribution < -0.4 is 15.4 Å². The standard InChI is InChI=1S/C25H36BrClN6O2/c1-28-23-20(27)15-29-25(31-23)30-21-8-7-19(13-22(21)35-2)24(34)33-11-9-32(10-12-33)16-18-5-3-17(14-26)4-6-18/h7-8,13,15,17-18,24,34H,3-6,9-12,14,16H2,1-2H3,(H2,28,29,30,31)/t17-,18-,24?. The molecule has 0 spiro atoms. The number of anilines is 3. The van der Waals surface area contributed by atoms with Crippen LogP contribution in [0.15, 0.2) is 24.4 Å². The molecule has 0 bridgehead atoms. The summed E-state index contributed by atoms with van der Waals surface area (Å²) in [5.74, 6) is 3.24. The SMILES string of the molecule is CNc1nc(Nc2ccc(C(O)N3CCN(C[C@H]4CC[C@H](CBr)CC4)CC3)cc2OC)ncc1Cl. The number of benzene rings is 1. The van der Waals surface area contributed by atoms with Gasteiger partial charge in [0.05, 0.1) is 19.0 Å². The van der Waals surface area contributed by atoms with Crippen molar-refractivity contribution in [1.29, 1.82) is 0 Å². The first-order valence-electron chi connectivity index (χ1n) is 12.4. The van der Waals surface area contributed by atoms with E-state index in [0.717, 1.165) is 48.9 Å². The summed E-state index contributed by atoms with van der Waals surface area (Å²) in [6.07, 6.45) is 6.26. The lowest BCUT2D eigenvalue weighted by molar-refractivity contribution is -0.0304. The number of methoxy groups -OCH3 is 1. The van der Waals surface area contributed by atoms with Crippen LogP contribution in [0, 0.1) is 11.8 Å². The topological polar surface area (TPSA) is 85.8 Å². The van der Waals surface area contributed by atoms with Gasteiger partial charge < -0.3 is 25.4 Å². The van der Waals surface area contributed by atoms with E-state index in [1.807, 2.05) is 18.2 Å². The molecule has 1 unspecified atom stereocenters. The van der Waals surface area contributed by atoms with Gasteiger partial charge in [-0.3, -0.25) is 4.90 Å². The first-order valence-corrected chi connectivity index (χ1v) is 13.9. The predicted octanol–water partition coefficient (Wildman–Crippen LogP) is 4.73. The molecule has 1 aromatic carbocycles. The van der Waals surface area contributed by atoms with E-state index < -0.39 is 6.23 Å². The molecule has 8 nitrogen and oxygen atoms in total. The van der Waals surface area contributed by atoms with E-state index in [0.29, 0.717) is 28.2 Å². The molecule has 1 saturated heterocycles. The fourth-order valence-electron chi connectivity index (χ4n) is 5.03. The summed E-state index contributed by atoms with van der Waals surface area (Å²) in [6, 6.07) is 5.67. The minimum absolute atomic E-state index is 0.405. The van der Waals surface area contributed by atoms with E-state index in [-0.39, 0.29) is 0 Å². The van der Waals surface area contributed by atoms with Gasteiger partial charge in [-0.2, -0.15) is 4.98 Å². The van der Waals surface area contributed by atoms with Gasteiger partial charge in [0.25, 0.3) is 0 Å². The van der Waals surface area contributed by atoms with Crippen LogP contribution in [0.4, 0.5) is 17.5 Å². The van der Waals surface area contributed by atoms with Crippen LogP contribution in [0.3, 0.4) is 0 Å². The molecule has 1 aliphatic carbocycles. The third kappa shape index (κ3) is 6.77. The van der Waals surface area contributed by atoms with Gasteiger partial charge in [0, 0.05) is 45.1 Å². The predicted molar refractivity (Wildman–Crippen MR) is 145 cm³/mol. The van der Waals surface area contributed by atoms with Gasteiger partial charge >= 0.3 is 0 Å². The molecule has 10 heteroatoms. The highest BCUT2D eigenvalue weighted by Gasteiger charge is 2.27. The number of ether oxygens (including phenoxy) is 1. The molecule has 4 rings (SSSR count). The Morgan fingerprint density at radius 1 is 1.17 bits per heavy atom. The summed E-state index contributed by atoms with van der Waals surface area (Å²) < 4.78 is 5.59. The van der Waals surface area contributed by atoms with Crippen LogP contribution in [-0.4, -0.2) is 77.1 Å². The average Bonchev–Trinajstić information content (AvgIpc) is 2.90. The van der Waals surface area contributed by atoms with Crippen LogP contribution in [0.5, 0.6) is 5.75 Å². The van der Waals surface area contributed by atoms with E-state index in [1.165, 1.54) is 32.2 Å². The Balaban J connectivity index is 1.33. The van der Waals surface area contributed by atoms with Crippen molar-refractivity contribution in [3.05, 3.63) is 35.0 Å². The maximum atomic E-state index is 11.1. The summed E-state index contributed by atoms with van der Waals surface area (Å²) in [5, 5.41) is 18.8. The number of aromatic nitrogens is 2. The highest BCUT2D eigenvalue weighted by Crippen LogP contribution is 2.33. The second-order valence-corrected chi connectivity index (χ2v) is 10.5. The van der Waals surface area contributed by atoms with Crippen LogP contribution in [0.2, 0.25) is 5.02 Å². The first kappa shape index (κ1) is 26.4. The van der Waals surface area contributed by atoms with Gasteiger partial charge in [0.1, 0.15) is 22.8 Å². The van der Waals surface area contributed by atoms with Crippen molar-refractivity contribution in [2.45, 2.75) is 31.9 Å². The second kappa shape index (κ2) is 12.5. The van der Waals surface area contributed by atoms with Gasteiger partial charge in [0.2, 0.25) is 5.95 Å². The molecule has 2 aromatic rings. The van der Waals surface area contributed by atoms with Gasteiger partial charge in [-0.1, -0.05) is 33.6 Å². The molecule has 2 heterocycles. The molecule has 2 aliphatic rings. The van der Waals surface area contributed by atoms with Crippen LogP contribution in [0.1, 0.15) is 37.5 Å². The maximum Gasteiger partial charge on any atom is 0.229 e. The monoisotopic (exact) mass is 566 g/mol. The first-order chi connectivity index (χ1) is 17.0. The van der Waals surface area contributed by atoms with E-state index in [2.05, 4.69) is 46.3 Å². The zero-order valence-electron chi connectivity index (χ0n) is 20.5. The Hall–Kier alpha value is -1.65. The number of halogens is 2. The normalized spacial score (nSPS) is 22.5. The van der Waals surface area contributed by atoms with E-state index >= 15 is 0 Å². The van der Waals surface area contributed by atoms with Crippen molar-refractivity contribution in [1.82, 2.24) is 19.8 Å². The molecule has 2 fully saturated rings. The Kier molecular flexibility index (Phi) is 9.46. The number of rotatable bonds is 9. The smallest absolute Gasteiger partial charge is 0.229 e. The molecule has 3 N–H and O–H groups in total. The fourth-order valence-corrected chi connectivity index (χ4v) is 5.86. The van der Waals surface area contributed by atoms with E-state index in [1.54, 1.807) is 20.4 Å². The van der Waals surface area contributed by atoms with Gasteiger partial charge in [-0.15, -0.1) is 0 Å². The maximum absolute atomic E-state index is 11.1. The number of hydrogen-bond acceptors (Lipinski definition) is 8. The Bertz CT molecular complexity index is 967. The average molecular weight is 568 g/mol. The summed E-state index contributed by atoms with van der Waals surface area (Å²) in [4.78, 5) is 13.3. The number of piperazine rings is 1. The fraction of sp³-hybridized carbons (Fsp3) is 0.600. The van der Waals surface area contributed by atoms with Crippen molar-refractivity contribution in [2.24, 2.45) is 11.8 Å². The molecule has 1 saturated carbocycles. The third-order valence-electron chi connectivity index (χ3n) is 7.20.